The van der Waals surface area contributed by atoms with E-state index in [4.69, 9.17) is 0 Å². The van der Waals surface area contributed by atoms with Crippen molar-refractivity contribution in [2.45, 2.75) is 24.9 Å². The molecule has 2 aromatic rings. The number of rotatable bonds is 4. The normalized spacial score (nSPS) is 17.9. The number of H-pyrrole nitrogens is 1. The van der Waals surface area contributed by atoms with Gasteiger partial charge in [0, 0.05) is 4.47 Å². The van der Waals surface area contributed by atoms with Crippen LogP contribution in [0.4, 0.5) is 4.39 Å². The van der Waals surface area contributed by atoms with E-state index in [-0.39, 0.29) is 19.0 Å². The number of amides is 1. The lowest BCUT2D eigenvalue weighted by molar-refractivity contribution is -0.148. The molecule has 1 unspecified atom stereocenters. The minimum absolute atomic E-state index is 0.0522. The van der Waals surface area contributed by atoms with E-state index in [2.05, 4.69) is 36.6 Å². The third-order valence-electron chi connectivity index (χ3n) is 3.92. The highest BCUT2D eigenvalue weighted by Gasteiger charge is 2.48. The zero-order valence-electron chi connectivity index (χ0n) is 12.0. The van der Waals surface area contributed by atoms with Gasteiger partial charge in [0.2, 0.25) is 5.91 Å². The molecule has 0 saturated carbocycles. The molecule has 2 heterocycles. The molecule has 1 N–H and O–H groups in total. The number of tetrazole rings is 1. The average Bonchev–Trinajstić information content (AvgIpc) is 2.98. The zero-order chi connectivity index (χ0) is 15.7. The molecule has 0 aliphatic carbocycles. The van der Waals surface area contributed by atoms with Gasteiger partial charge < -0.3 is 4.90 Å². The molecule has 8 heteroatoms. The second-order valence-electron chi connectivity index (χ2n) is 5.40. The van der Waals surface area contributed by atoms with Crippen LogP contribution in [0, 0.1) is 0 Å². The van der Waals surface area contributed by atoms with Crippen molar-refractivity contribution < 1.29 is 9.18 Å². The van der Waals surface area contributed by atoms with E-state index in [1.165, 1.54) is 4.90 Å². The SMILES string of the molecule is CCC(C(=O)N1CC(F)(c2cccc(Br)c2)C1)c1nn[nH]n1. The molecule has 6 nitrogen and oxygen atoms in total. The molecule has 1 saturated heterocycles. The van der Waals surface area contributed by atoms with Crippen molar-refractivity contribution in [2.75, 3.05) is 13.1 Å². The van der Waals surface area contributed by atoms with Crippen LogP contribution in [0.15, 0.2) is 28.7 Å². The van der Waals surface area contributed by atoms with Gasteiger partial charge in [0.05, 0.1) is 13.1 Å². The van der Waals surface area contributed by atoms with Gasteiger partial charge in [-0.25, -0.2) is 4.39 Å². The average molecular weight is 368 g/mol. The number of hydrogen-bond acceptors (Lipinski definition) is 4. The second kappa shape index (κ2) is 5.75. The van der Waals surface area contributed by atoms with Crippen LogP contribution >= 0.6 is 15.9 Å². The number of nitrogens with one attached hydrogen (secondary N) is 1. The molecule has 1 aromatic carbocycles. The summed E-state index contributed by atoms with van der Waals surface area (Å²) in [5.74, 6) is -0.288. The van der Waals surface area contributed by atoms with Crippen molar-refractivity contribution in [3.8, 4) is 0 Å². The number of carbonyl (C=O) groups is 1. The Morgan fingerprint density at radius 2 is 2.32 bits per heavy atom. The third-order valence-corrected chi connectivity index (χ3v) is 4.41. The maximum absolute atomic E-state index is 14.9. The van der Waals surface area contributed by atoms with Gasteiger partial charge in [-0.05, 0) is 24.1 Å². The fourth-order valence-electron chi connectivity index (χ4n) is 2.67. The van der Waals surface area contributed by atoms with Crippen molar-refractivity contribution in [3.05, 3.63) is 40.1 Å². The van der Waals surface area contributed by atoms with Gasteiger partial charge in [-0.2, -0.15) is 5.21 Å². The molecule has 1 amide bonds. The topological polar surface area (TPSA) is 74.8 Å². The molecule has 1 atom stereocenters. The fraction of sp³-hybridized carbons (Fsp3) is 0.429. The van der Waals surface area contributed by atoms with Gasteiger partial charge in [0.1, 0.15) is 5.92 Å². The zero-order valence-corrected chi connectivity index (χ0v) is 13.5. The summed E-state index contributed by atoms with van der Waals surface area (Å²) in [6.07, 6.45) is 0.547. The van der Waals surface area contributed by atoms with Crippen LogP contribution in [0.2, 0.25) is 0 Å². The molecular formula is C14H15BrFN5O. The summed E-state index contributed by atoms with van der Waals surface area (Å²) in [4.78, 5) is 14.0. The van der Waals surface area contributed by atoms with E-state index >= 15 is 0 Å². The fourth-order valence-corrected chi connectivity index (χ4v) is 3.07. The Hall–Kier alpha value is -1.83. The van der Waals surface area contributed by atoms with Crippen molar-refractivity contribution >= 4 is 21.8 Å². The quantitative estimate of drug-likeness (QED) is 0.898. The smallest absolute Gasteiger partial charge is 0.233 e. The van der Waals surface area contributed by atoms with E-state index in [0.717, 1.165) is 4.47 Å². The molecular weight excluding hydrogens is 353 g/mol. The number of likely N-dealkylation sites (tertiary alicyclic amines) is 1. The summed E-state index contributed by atoms with van der Waals surface area (Å²) in [7, 11) is 0. The molecule has 0 radical (unpaired) electrons. The molecule has 0 spiro atoms. The Kier molecular flexibility index (Phi) is 3.94. The Balaban J connectivity index is 1.71. The number of halogens is 2. The molecule has 1 aliphatic rings. The molecule has 1 fully saturated rings. The Labute approximate surface area is 135 Å². The number of carbonyl (C=O) groups excluding carboxylic acids is 1. The number of aromatic nitrogens is 4. The first-order valence-electron chi connectivity index (χ1n) is 7.00. The third kappa shape index (κ3) is 2.63. The molecule has 0 bridgehead atoms. The van der Waals surface area contributed by atoms with Gasteiger partial charge in [0.15, 0.2) is 11.5 Å². The van der Waals surface area contributed by atoms with Crippen LogP contribution in [0.1, 0.15) is 30.7 Å². The highest BCUT2D eigenvalue weighted by atomic mass is 79.9. The monoisotopic (exact) mass is 367 g/mol. The van der Waals surface area contributed by atoms with Crippen LogP contribution in [-0.4, -0.2) is 44.5 Å². The Bertz CT molecular complexity index is 672. The highest BCUT2D eigenvalue weighted by Crippen LogP contribution is 2.38. The molecule has 1 aromatic heterocycles. The van der Waals surface area contributed by atoms with Gasteiger partial charge in [-0.1, -0.05) is 40.2 Å². The maximum atomic E-state index is 14.9. The van der Waals surface area contributed by atoms with E-state index in [0.29, 0.717) is 17.8 Å². The Morgan fingerprint density at radius 1 is 1.55 bits per heavy atom. The van der Waals surface area contributed by atoms with Crippen molar-refractivity contribution in [1.82, 2.24) is 25.5 Å². The van der Waals surface area contributed by atoms with Crippen molar-refractivity contribution in [3.63, 3.8) is 0 Å². The van der Waals surface area contributed by atoms with Crippen LogP contribution in [0.25, 0.3) is 0 Å². The highest BCUT2D eigenvalue weighted by molar-refractivity contribution is 9.10. The van der Waals surface area contributed by atoms with E-state index in [1.54, 1.807) is 18.2 Å². The molecule has 22 heavy (non-hydrogen) atoms. The Morgan fingerprint density at radius 3 is 2.91 bits per heavy atom. The predicted molar refractivity (Wildman–Crippen MR) is 80.7 cm³/mol. The first-order chi connectivity index (χ1) is 10.5. The number of aromatic amines is 1. The second-order valence-corrected chi connectivity index (χ2v) is 6.32. The standard InChI is InChI=1S/C14H15BrFN5O/c1-2-11(12-17-19-20-18-12)13(22)21-7-14(16,8-21)9-4-3-5-10(15)6-9/h3-6,11H,2,7-8H2,1H3,(H,17,18,19,20). The molecule has 3 rings (SSSR count). The van der Waals surface area contributed by atoms with Crippen LogP contribution < -0.4 is 0 Å². The summed E-state index contributed by atoms with van der Waals surface area (Å²) in [6, 6.07) is 7.12. The minimum Gasteiger partial charge on any atom is -0.335 e. The predicted octanol–water partition coefficient (Wildman–Crippen LogP) is 2.16. The summed E-state index contributed by atoms with van der Waals surface area (Å²) in [5.41, 5.74) is -0.909. The largest absolute Gasteiger partial charge is 0.335 e. The lowest BCUT2D eigenvalue weighted by atomic mass is 9.86. The van der Waals surface area contributed by atoms with Gasteiger partial charge in [-0.3, -0.25) is 4.79 Å². The lowest BCUT2D eigenvalue weighted by Gasteiger charge is -2.45. The van der Waals surface area contributed by atoms with Crippen LogP contribution in [0.5, 0.6) is 0 Å². The van der Waals surface area contributed by atoms with Crippen LogP contribution in [-0.2, 0) is 10.5 Å². The maximum Gasteiger partial charge on any atom is 0.233 e. The van der Waals surface area contributed by atoms with Crippen LogP contribution in [0.3, 0.4) is 0 Å². The number of nitrogens with zero attached hydrogens (tertiary/aromatic N) is 4. The lowest BCUT2D eigenvalue weighted by Crippen LogP contribution is -2.59. The summed E-state index contributed by atoms with van der Waals surface area (Å²) < 4.78 is 15.7. The summed E-state index contributed by atoms with van der Waals surface area (Å²) >= 11 is 3.34. The van der Waals surface area contributed by atoms with Crippen molar-refractivity contribution in [1.29, 1.82) is 0 Å². The van der Waals surface area contributed by atoms with E-state index < -0.39 is 11.6 Å². The minimum atomic E-state index is -1.49. The van der Waals surface area contributed by atoms with Gasteiger partial charge in [0.25, 0.3) is 0 Å². The summed E-state index contributed by atoms with van der Waals surface area (Å²) in [5, 5.41) is 13.5. The first-order valence-corrected chi connectivity index (χ1v) is 7.80. The molecule has 116 valence electrons. The molecule has 1 aliphatic heterocycles. The van der Waals surface area contributed by atoms with Crippen molar-refractivity contribution in [2.24, 2.45) is 0 Å². The number of benzene rings is 1. The van der Waals surface area contributed by atoms with Gasteiger partial charge >= 0.3 is 0 Å². The van der Waals surface area contributed by atoms with E-state index in [9.17, 15) is 9.18 Å². The van der Waals surface area contributed by atoms with E-state index in [1.807, 2.05) is 13.0 Å². The number of hydrogen-bond donors (Lipinski definition) is 1. The van der Waals surface area contributed by atoms with Gasteiger partial charge in [-0.15, -0.1) is 10.2 Å². The first kappa shape index (κ1) is 15.1. The number of alkyl halides is 1. The summed E-state index contributed by atoms with van der Waals surface area (Å²) in [6.45, 7) is 1.98.